The molecule has 0 aliphatic carbocycles. The minimum absolute atomic E-state index is 0.249. The van der Waals surface area contributed by atoms with Gasteiger partial charge < -0.3 is 4.74 Å². The lowest BCUT2D eigenvalue weighted by atomic mass is 10.1. The molecule has 0 aromatic heterocycles. The smallest absolute Gasteiger partial charge is 0.243 e. The van der Waals surface area contributed by atoms with Crippen LogP contribution in [-0.2, 0) is 10.0 Å². The second-order valence-electron chi connectivity index (χ2n) is 4.49. The maximum Gasteiger partial charge on any atom is 0.243 e. The van der Waals surface area contributed by atoms with Gasteiger partial charge in [0, 0.05) is 13.1 Å². The van der Waals surface area contributed by atoms with Crippen molar-refractivity contribution >= 4 is 10.0 Å². The van der Waals surface area contributed by atoms with E-state index in [4.69, 9.17) is 4.74 Å². The van der Waals surface area contributed by atoms with Gasteiger partial charge in [-0.1, -0.05) is 12.2 Å². The van der Waals surface area contributed by atoms with Gasteiger partial charge in [0.25, 0.3) is 0 Å². The van der Waals surface area contributed by atoms with E-state index in [0.29, 0.717) is 16.2 Å². The molecule has 5 heteroatoms. The highest BCUT2D eigenvalue weighted by Crippen LogP contribution is 2.27. The predicted molar refractivity (Wildman–Crippen MR) is 81.6 cm³/mol. The van der Waals surface area contributed by atoms with Gasteiger partial charge in [-0.3, -0.25) is 0 Å². The Balaban J connectivity index is 3.36. The largest absolute Gasteiger partial charge is 0.496 e. The molecular weight excluding hydrogens is 274 g/mol. The summed E-state index contributed by atoms with van der Waals surface area (Å²) < 4.78 is 31.9. The van der Waals surface area contributed by atoms with Crippen LogP contribution in [0.5, 0.6) is 5.75 Å². The van der Waals surface area contributed by atoms with Crippen LogP contribution >= 0.6 is 0 Å². The Bertz CT molecular complexity index is 596. The van der Waals surface area contributed by atoms with Crippen molar-refractivity contribution in [1.82, 2.24) is 4.31 Å². The van der Waals surface area contributed by atoms with Crippen LogP contribution in [0, 0.1) is 13.8 Å². The number of sulfonamides is 1. The predicted octanol–water partition coefficient (Wildman–Crippen LogP) is 2.67. The summed E-state index contributed by atoms with van der Waals surface area (Å²) in [7, 11) is -2.00. The molecule has 1 aromatic carbocycles. The van der Waals surface area contributed by atoms with Crippen LogP contribution in [-0.4, -0.2) is 32.9 Å². The molecule has 0 aliphatic rings. The van der Waals surface area contributed by atoms with Crippen LogP contribution in [0.4, 0.5) is 0 Å². The standard InChI is InChI=1S/C15H21NO3S/c1-6-8-16(9-7-2)20(17,18)15-11-12(3)14(19-5)10-13(15)4/h6-7,10-11H,1-2,8-9H2,3-5H3. The first-order chi connectivity index (χ1) is 9.38. The van der Waals surface area contributed by atoms with Crippen LogP contribution in [0.25, 0.3) is 0 Å². The SMILES string of the molecule is C=CCN(CC=C)S(=O)(=O)c1cc(C)c(OC)cc1C. The third-order valence-corrected chi connectivity index (χ3v) is 4.95. The lowest BCUT2D eigenvalue weighted by Crippen LogP contribution is -2.32. The second kappa shape index (κ2) is 6.72. The van der Waals surface area contributed by atoms with E-state index in [1.807, 2.05) is 6.92 Å². The van der Waals surface area contributed by atoms with E-state index < -0.39 is 10.0 Å². The van der Waals surface area contributed by atoms with E-state index in [1.54, 1.807) is 38.3 Å². The summed E-state index contributed by atoms with van der Waals surface area (Å²) in [6.07, 6.45) is 3.12. The Labute approximate surface area is 121 Å². The lowest BCUT2D eigenvalue weighted by molar-refractivity contribution is 0.410. The van der Waals surface area contributed by atoms with Gasteiger partial charge in [-0.25, -0.2) is 8.42 Å². The van der Waals surface area contributed by atoms with Gasteiger partial charge in [-0.15, -0.1) is 13.2 Å². The molecule has 1 aromatic rings. The van der Waals surface area contributed by atoms with Crippen LogP contribution in [0.1, 0.15) is 11.1 Å². The quantitative estimate of drug-likeness (QED) is 0.727. The van der Waals surface area contributed by atoms with E-state index in [9.17, 15) is 8.42 Å². The van der Waals surface area contributed by atoms with Crippen LogP contribution < -0.4 is 4.74 Å². The molecule has 0 saturated carbocycles. The molecule has 20 heavy (non-hydrogen) atoms. The zero-order valence-electron chi connectivity index (χ0n) is 12.2. The molecule has 0 unspecified atom stereocenters. The number of rotatable bonds is 7. The van der Waals surface area contributed by atoms with Gasteiger partial charge in [-0.2, -0.15) is 4.31 Å². The van der Waals surface area contributed by atoms with Gasteiger partial charge >= 0.3 is 0 Å². The summed E-state index contributed by atoms with van der Waals surface area (Å²) in [6.45, 7) is 11.3. The Morgan fingerprint density at radius 2 is 1.70 bits per heavy atom. The zero-order valence-corrected chi connectivity index (χ0v) is 13.0. The third kappa shape index (κ3) is 3.29. The van der Waals surface area contributed by atoms with E-state index in [1.165, 1.54) is 4.31 Å². The van der Waals surface area contributed by atoms with E-state index >= 15 is 0 Å². The summed E-state index contributed by atoms with van der Waals surface area (Å²) in [5.41, 5.74) is 1.44. The average Bonchev–Trinajstić information content (AvgIpc) is 2.40. The summed E-state index contributed by atoms with van der Waals surface area (Å²) in [5.74, 6) is 0.681. The summed E-state index contributed by atoms with van der Waals surface area (Å²) in [5, 5.41) is 0. The van der Waals surface area contributed by atoms with Crippen molar-refractivity contribution in [1.29, 1.82) is 0 Å². The zero-order chi connectivity index (χ0) is 15.3. The molecule has 0 saturated heterocycles. The summed E-state index contributed by atoms with van der Waals surface area (Å²) in [6, 6.07) is 3.38. The van der Waals surface area contributed by atoms with Crippen molar-refractivity contribution < 1.29 is 13.2 Å². The molecule has 0 fully saturated rings. The minimum atomic E-state index is -3.57. The maximum atomic E-state index is 12.7. The molecule has 0 heterocycles. The first-order valence-electron chi connectivity index (χ1n) is 6.25. The molecule has 0 N–H and O–H groups in total. The third-order valence-electron chi connectivity index (χ3n) is 2.98. The van der Waals surface area contributed by atoms with Crippen molar-refractivity contribution in [3.8, 4) is 5.75 Å². The van der Waals surface area contributed by atoms with Crippen molar-refractivity contribution in [2.75, 3.05) is 20.2 Å². The van der Waals surface area contributed by atoms with E-state index in [0.717, 1.165) is 5.56 Å². The number of hydrogen-bond donors (Lipinski definition) is 0. The fourth-order valence-corrected chi connectivity index (χ4v) is 3.63. The van der Waals surface area contributed by atoms with Crippen molar-refractivity contribution in [3.63, 3.8) is 0 Å². The normalized spacial score (nSPS) is 11.4. The number of benzene rings is 1. The first kappa shape index (κ1) is 16.5. The van der Waals surface area contributed by atoms with Crippen molar-refractivity contribution in [3.05, 3.63) is 48.6 Å². The van der Waals surface area contributed by atoms with Crippen LogP contribution in [0.15, 0.2) is 42.3 Å². The fraction of sp³-hybridized carbons (Fsp3) is 0.333. The molecular formula is C15H21NO3S. The molecule has 0 aliphatic heterocycles. The number of hydrogen-bond acceptors (Lipinski definition) is 3. The van der Waals surface area contributed by atoms with Crippen LogP contribution in [0.2, 0.25) is 0 Å². The fourth-order valence-electron chi connectivity index (χ4n) is 1.96. The van der Waals surface area contributed by atoms with Crippen molar-refractivity contribution in [2.45, 2.75) is 18.7 Å². The number of methoxy groups -OCH3 is 1. The molecule has 4 nitrogen and oxygen atoms in total. The molecule has 0 radical (unpaired) electrons. The maximum absolute atomic E-state index is 12.7. The molecule has 110 valence electrons. The highest BCUT2D eigenvalue weighted by molar-refractivity contribution is 7.89. The minimum Gasteiger partial charge on any atom is -0.496 e. The second-order valence-corrected chi connectivity index (χ2v) is 6.39. The van der Waals surface area contributed by atoms with Gasteiger partial charge in [0.2, 0.25) is 10.0 Å². The number of nitrogens with zero attached hydrogens (tertiary/aromatic N) is 1. The number of aryl methyl sites for hydroxylation is 2. The van der Waals surface area contributed by atoms with Crippen LogP contribution in [0.3, 0.4) is 0 Å². The average molecular weight is 295 g/mol. The summed E-state index contributed by atoms with van der Waals surface area (Å²) >= 11 is 0. The molecule has 0 bridgehead atoms. The Hall–Kier alpha value is -1.59. The van der Waals surface area contributed by atoms with E-state index in [-0.39, 0.29) is 13.1 Å². The molecule has 0 atom stereocenters. The lowest BCUT2D eigenvalue weighted by Gasteiger charge is -2.21. The monoisotopic (exact) mass is 295 g/mol. The Kier molecular flexibility index (Phi) is 5.53. The van der Waals surface area contributed by atoms with Gasteiger partial charge in [0.05, 0.1) is 12.0 Å². The molecule has 0 amide bonds. The highest BCUT2D eigenvalue weighted by atomic mass is 32.2. The van der Waals surface area contributed by atoms with Gasteiger partial charge in [0.15, 0.2) is 0 Å². The van der Waals surface area contributed by atoms with E-state index in [2.05, 4.69) is 13.2 Å². The highest BCUT2D eigenvalue weighted by Gasteiger charge is 2.25. The first-order valence-corrected chi connectivity index (χ1v) is 7.69. The summed E-state index contributed by atoms with van der Waals surface area (Å²) in [4.78, 5) is 0.291. The van der Waals surface area contributed by atoms with Crippen molar-refractivity contribution in [2.24, 2.45) is 0 Å². The van der Waals surface area contributed by atoms with Gasteiger partial charge in [-0.05, 0) is 37.1 Å². The Morgan fingerprint density at radius 3 is 2.15 bits per heavy atom. The Morgan fingerprint density at radius 1 is 1.15 bits per heavy atom. The molecule has 0 spiro atoms. The molecule has 1 rings (SSSR count). The van der Waals surface area contributed by atoms with Gasteiger partial charge in [0.1, 0.15) is 5.75 Å². The number of ether oxygens (including phenoxy) is 1. The topological polar surface area (TPSA) is 46.6 Å².